The Morgan fingerprint density at radius 2 is 1.82 bits per heavy atom. The van der Waals surface area contributed by atoms with Crippen LogP contribution in [-0.4, -0.2) is 61.9 Å². The third-order valence-electron chi connectivity index (χ3n) is 6.23. The molecular formula is C27H31N7O3S2. The van der Waals surface area contributed by atoms with Crippen molar-refractivity contribution in [3.05, 3.63) is 71.4 Å². The van der Waals surface area contributed by atoms with E-state index in [4.69, 9.17) is 14.7 Å². The van der Waals surface area contributed by atoms with Crippen molar-refractivity contribution in [3.63, 3.8) is 0 Å². The van der Waals surface area contributed by atoms with Gasteiger partial charge in [-0.25, -0.2) is 18.4 Å². The Hall–Kier alpha value is -3.61. The summed E-state index contributed by atoms with van der Waals surface area (Å²) in [5.74, 6) is 2.32. The van der Waals surface area contributed by atoms with Crippen LogP contribution in [0.4, 0.5) is 17.5 Å². The number of benzene rings is 2. The van der Waals surface area contributed by atoms with Crippen LogP contribution in [0.3, 0.4) is 0 Å². The Morgan fingerprint density at radius 1 is 1.05 bits per heavy atom. The molecule has 0 saturated carbocycles. The Bertz CT molecular complexity index is 1550. The van der Waals surface area contributed by atoms with Crippen LogP contribution in [0.1, 0.15) is 16.8 Å². The molecule has 0 radical (unpaired) electrons. The van der Waals surface area contributed by atoms with Crippen molar-refractivity contribution < 1.29 is 13.2 Å². The number of rotatable bonds is 9. The van der Waals surface area contributed by atoms with E-state index in [-0.39, 0.29) is 10.6 Å². The van der Waals surface area contributed by atoms with Gasteiger partial charge in [-0.05, 0) is 55.4 Å². The number of aryl methyl sites for hydroxylation is 2. The zero-order valence-electron chi connectivity index (χ0n) is 22.1. The van der Waals surface area contributed by atoms with Crippen LogP contribution in [-0.2, 0) is 15.6 Å². The Balaban J connectivity index is 1.42. The molecule has 1 aliphatic rings. The van der Waals surface area contributed by atoms with Gasteiger partial charge in [0, 0.05) is 42.8 Å². The first-order chi connectivity index (χ1) is 18.8. The van der Waals surface area contributed by atoms with Crippen LogP contribution in [0.25, 0.3) is 0 Å². The summed E-state index contributed by atoms with van der Waals surface area (Å²) in [6.07, 6.45) is 0. The first kappa shape index (κ1) is 27.0. The van der Waals surface area contributed by atoms with Gasteiger partial charge in [0.25, 0.3) is 0 Å². The molecule has 10 nitrogen and oxygen atoms in total. The summed E-state index contributed by atoms with van der Waals surface area (Å²) in [5, 5.41) is 14.3. The van der Waals surface area contributed by atoms with Crippen molar-refractivity contribution in [1.29, 1.82) is 0 Å². The molecule has 2 aromatic heterocycles. The van der Waals surface area contributed by atoms with Gasteiger partial charge < -0.3 is 20.3 Å². The predicted octanol–water partition coefficient (Wildman–Crippen LogP) is 4.10. The molecule has 1 aliphatic heterocycles. The molecule has 0 amide bonds. The molecule has 2 aromatic carbocycles. The maximum Gasteiger partial charge on any atom is 0.204 e. The number of H-pyrrole nitrogens is 1. The lowest BCUT2D eigenvalue weighted by molar-refractivity contribution is 0.409. The van der Waals surface area contributed by atoms with Gasteiger partial charge in [0.2, 0.25) is 5.75 Å². The topological polar surface area (TPSA) is 125 Å². The first-order valence-corrected chi connectivity index (χ1v) is 15.0. The number of ether oxygens (including phenoxy) is 1. The largest absolute Gasteiger partial charge is 0.490 e. The van der Waals surface area contributed by atoms with Crippen LogP contribution in [0.2, 0.25) is 0 Å². The summed E-state index contributed by atoms with van der Waals surface area (Å²) in [4.78, 5) is 12.9. The maximum absolute atomic E-state index is 13.0. The fourth-order valence-corrected chi connectivity index (χ4v) is 6.44. The molecule has 0 atom stereocenters. The molecule has 0 spiro atoms. The Labute approximate surface area is 232 Å². The summed E-state index contributed by atoms with van der Waals surface area (Å²) in [6.45, 7) is 7.13. The minimum Gasteiger partial charge on any atom is -0.490 e. The number of methoxy groups -OCH3 is 1. The zero-order valence-corrected chi connectivity index (χ0v) is 23.7. The number of sulfone groups is 1. The van der Waals surface area contributed by atoms with Crippen molar-refractivity contribution in [3.8, 4) is 5.75 Å². The van der Waals surface area contributed by atoms with Crippen LogP contribution < -0.4 is 20.3 Å². The van der Waals surface area contributed by atoms with Crippen LogP contribution in [0.15, 0.2) is 69.5 Å². The summed E-state index contributed by atoms with van der Waals surface area (Å²) in [7, 11) is -1.87. The quantitative estimate of drug-likeness (QED) is 0.255. The standard InChI is InChI=1S/C27H31N7O3S2/c1-18-5-4-6-20(15-18)17-39(35,36)22-9-7-21(8-10-22)38-27-30-25(29-23-16-19(2)32-33-23)24(37-3)26(31-27)34-13-11-28-12-14-34/h4-10,15-16,28H,11-14,17H2,1-3H3,(H2,29,30,31,32,33). The second-order valence-corrected chi connectivity index (χ2v) is 12.4. The van der Waals surface area contributed by atoms with Gasteiger partial charge in [0.05, 0.1) is 17.8 Å². The van der Waals surface area contributed by atoms with Gasteiger partial charge >= 0.3 is 0 Å². The molecule has 0 aliphatic carbocycles. The van der Waals surface area contributed by atoms with Gasteiger partial charge in [0.1, 0.15) is 0 Å². The summed E-state index contributed by atoms with van der Waals surface area (Å²) < 4.78 is 31.8. The maximum atomic E-state index is 13.0. The van der Waals surface area contributed by atoms with Gasteiger partial charge in [-0.15, -0.1) is 0 Å². The summed E-state index contributed by atoms with van der Waals surface area (Å²) in [5.41, 5.74) is 2.72. The summed E-state index contributed by atoms with van der Waals surface area (Å²) in [6, 6.07) is 16.3. The molecule has 0 bridgehead atoms. The highest BCUT2D eigenvalue weighted by atomic mass is 32.2. The number of hydrogen-bond acceptors (Lipinski definition) is 10. The van der Waals surface area contributed by atoms with Crippen LogP contribution >= 0.6 is 11.8 Å². The van der Waals surface area contributed by atoms with Crippen molar-refractivity contribution in [1.82, 2.24) is 25.5 Å². The number of nitrogens with zero attached hydrogens (tertiary/aromatic N) is 4. The second-order valence-electron chi connectivity index (χ2n) is 9.33. The van der Waals surface area contributed by atoms with Gasteiger partial charge in [-0.1, -0.05) is 29.8 Å². The zero-order chi connectivity index (χ0) is 27.4. The van der Waals surface area contributed by atoms with Gasteiger partial charge in [0.15, 0.2) is 32.4 Å². The third kappa shape index (κ3) is 6.52. The van der Waals surface area contributed by atoms with E-state index in [1.165, 1.54) is 11.8 Å². The Kier molecular flexibility index (Phi) is 8.05. The fourth-order valence-electron chi connectivity index (χ4n) is 4.36. The molecule has 5 rings (SSSR count). The fraction of sp³-hybridized carbons (Fsp3) is 0.296. The molecule has 4 aromatic rings. The lowest BCUT2D eigenvalue weighted by atomic mass is 10.2. The number of aromatic nitrogens is 4. The molecule has 0 unspecified atom stereocenters. The van der Waals surface area contributed by atoms with Crippen molar-refractivity contribution in [2.75, 3.05) is 43.5 Å². The van der Waals surface area contributed by atoms with Gasteiger partial charge in [-0.2, -0.15) is 5.10 Å². The third-order valence-corrected chi connectivity index (χ3v) is 8.81. The average Bonchev–Trinajstić information content (AvgIpc) is 3.33. The molecule has 3 heterocycles. The van der Waals surface area contributed by atoms with E-state index in [1.807, 2.05) is 44.2 Å². The highest BCUT2D eigenvalue weighted by Gasteiger charge is 2.23. The highest BCUT2D eigenvalue weighted by Crippen LogP contribution is 2.38. The molecule has 1 saturated heterocycles. The Morgan fingerprint density at radius 3 is 2.49 bits per heavy atom. The molecule has 204 valence electrons. The second kappa shape index (κ2) is 11.6. The van der Waals surface area contributed by atoms with E-state index in [1.54, 1.807) is 31.4 Å². The van der Waals surface area contributed by atoms with E-state index in [9.17, 15) is 8.42 Å². The predicted molar refractivity (Wildman–Crippen MR) is 153 cm³/mol. The molecule has 1 fully saturated rings. The smallest absolute Gasteiger partial charge is 0.204 e. The number of nitrogens with one attached hydrogen (secondary N) is 3. The highest BCUT2D eigenvalue weighted by molar-refractivity contribution is 7.99. The molecule has 39 heavy (non-hydrogen) atoms. The van der Waals surface area contributed by atoms with Gasteiger partial charge in [-0.3, -0.25) is 5.10 Å². The molecule has 3 N–H and O–H groups in total. The minimum absolute atomic E-state index is 0.0431. The monoisotopic (exact) mass is 565 g/mol. The van der Waals surface area contributed by atoms with Crippen molar-refractivity contribution in [2.24, 2.45) is 0 Å². The van der Waals surface area contributed by atoms with Crippen molar-refractivity contribution in [2.45, 2.75) is 34.5 Å². The summed E-state index contributed by atoms with van der Waals surface area (Å²) >= 11 is 1.36. The lowest BCUT2D eigenvalue weighted by Gasteiger charge is -2.30. The van der Waals surface area contributed by atoms with Crippen molar-refractivity contribution >= 4 is 39.1 Å². The van der Waals surface area contributed by atoms with E-state index < -0.39 is 9.84 Å². The normalized spacial score (nSPS) is 13.9. The minimum atomic E-state index is -3.48. The van der Waals surface area contributed by atoms with Crippen LogP contribution in [0.5, 0.6) is 5.75 Å². The van der Waals surface area contributed by atoms with E-state index in [0.717, 1.165) is 47.9 Å². The first-order valence-electron chi connectivity index (χ1n) is 12.6. The lowest BCUT2D eigenvalue weighted by Crippen LogP contribution is -2.44. The SMILES string of the molecule is COc1c(Nc2cc(C)[nH]n2)nc(Sc2ccc(S(=O)(=O)Cc3cccc(C)c3)cc2)nc1N1CCNCC1. The number of hydrogen-bond donors (Lipinski definition) is 3. The van der Waals surface area contributed by atoms with Crippen LogP contribution in [0, 0.1) is 13.8 Å². The number of anilines is 3. The van der Waals surface area contributed by atoms with E-state index >= 15 is 0 Å². The molecule has 12 heteroatoms. The number of piperazine rings is 1. The van der Waals surface area contributed by atoms with E-state index in [2.05, 4.69) is 25.7 Å². The average molecular weight is 566 g/mol. The molecular weight excluding hydrogens is 534 g/mol. The number of aromatic amines is 1. The van der Waals surface area contributed by atoms with E-state index in [0.29, 0.717) is 28.4 Å².